The van der Waals surface area contributed by atoms with Crippen molar-refractivity contribution in [2.24, 2.45) is 0 Å². The molecular formula is C26H24ClN3O5. The number of hydrogen-bond donors (Lipinski definition) is 4. The van der Waals surface area contributed by atoms with Crippen LogP contribution in [0.5, 0.6) is 11.5 Å². The molecule has 3 heterocycles. The van der Waals surface area contributed by atoms with E-state index in [2.05, 4.69) is 10.1 Å². The minimum Gasteiger partial charge on any atom is -0.506 e. The summed E-state index contributed by atoms with van der Waals surface area (Å²) in [6.07, 6.45) is 7.67. The molecule has 0 radical (unpaired) electrons. The molecule has 0 atom stereocenters. The minimum absolute atomic E-state index is 0.0523. The molecule has 4 N–H and O–H groups in total. The number of nitrogens with one attached hydrogen (secondary N) is 2. The largest absolute Gasteiger partial charge is 0.506 e. The lowest BCUT2D eigenvalue weighted by atomic mass is 9.96. The number of aromatic hydroxyl groups is 2. The average molecular weight is 494 g/mol. The Hall–Kier alpha value is -3.65. The second kappa shape index (κ2) is 8.23. The number of rotatable bonds is 2. The maximum absolute atomic E-state index is 13.4. The Labute approximate surface area is 203 Å². The van der Waals surface area contributed by atoms with Crippen molar-refractivity contribution < 1.29 is 14.6 Å². The van der Waals surface area contributed by atoms with Crippen LogP contribution in [-0.4, -0.2) is 25.0 Å². The summed E-state index contributed by atoms with van der Waals surface area (Å²) in [7, 11) is 0. The number of H-pyrrole nitrogens is 2. The van der Waals surface area contributed by atoms with E-state index < -0.39 is 11.2 Å². The van der Waals surface area contributed by atoms with Gasteiger partial charge in [0.1, 0.15) is 11.4 Å². The standard InChI is InChI=1S/C26H24ClN3O5/c27-16-12-13(8-10-17(16)31)19-20-25(30(29-26(20)34)14-6-4-2-1-3-5-7-14)28-21-15-9-11-18(32)22(33)23(15)35-24(19)21/h8-12,14,28,31,33H,1-7H2,(H,29,34). The van der Waals surface area contributed by atoms with Crippen molar-refractivity contribution >= 4 is 44.7 Å². The molecule has 180 valence electrons. The average Bonchev–Trinajstić information content (AvgIpc) is 3.35. The van der Waals surface area contributed by atoms with Crippen molar-refractivity contribution in [1.82, 2.24) is 14.8 Å². The van der Waals surface area contributed by atoms with Crippen LogP contribution in [0.3, 0.4) is 0 Å². The molecule has 1 aliphatic rings. The Morgan fingerprint density at radius 1 is 0.971 bits per heavy atom. The van der Waals surface area contributed by atoms with Gasteiger partial charge in [-0.05, 0) is 42.7 Å². The second-order valence-corrected chi connectivity index (χ2v) is 9.70. The highest BCUT2D eigenvalue weighted by atomic mass is 35.5. The lowest BCUT2D eigenvalue weighted by molar-refractivity contribution is 0.353. The smallest absolute Gasteiger partial charge is 0.274 e. The fraction of sp³-hybridized carbons (Fsp3) is 0.308. The van der Waals surface area contributed by atoms with Gasteiger partial charge in [-0.1, -0.05) is 49.8 Å². The normalized spacial score (nSPS) is 15.7. The highest BCUT2D eigenvalue weighted by molar-refractivity contribution is 6.32. The van der Waals surface area contributed by atoms with Gasteiger partial charge in [0.25, 0.3) is 5.56 Å². The van der Waals surface area contributed by atoms with Gasteiger partial charge in [0.05, 0.1) is 22.0 Å². The number of benzene rings is 2. The van der Waals surface area contributed by atoms with Crippen LogP contribution in [0, 0.1) is 0 Å². The number of hydrogen-bond acceptors (Lipinski definition) is 5. The number of nitrogens with zero attached hydrogens (tertiary/aromatic N) is 1. The molecule has 0 saturated heterocycles. The van der Waals surface area contributed by atoms with Crippen LogP contribution >= 0.6 is 11.6 Å². The summed E-state index contributed by atoms with van der Waals surface area (Å²) < 4.78 is 7.95. The molecule has 8 nitrogen and oxygen atoms in total. The van der Waals surface area contributed by atoms with Gasteiger partial charge in [-0.25, -0.2) is 0 Å². The van der Waals surface area contributed by atoms with Crippen molar-refractivity contribution in [2.45, 2.75) is 51.0 Å². The van der Waals surface area contributed by atoms with Crippen LogP contribution in [0.1, 0.15) is 51.0 Å². The molecule has 5 aromatic rings. The molecular weight excluding hydrogens is 470 g/mol. The highest BCUT2D eigenvalue weighted by Crippen LogP contribution is 2.42. The lowest BCUT2D eigenvalue weighted by Gasteiger charge is -2.21. The second-order valence-electron chi connectivity index (χ2n) is 9.29. The van der Waals surface area contributed by atoms with Gasteiger partial charge in [0, 0.05) is 10.9 Å². The lowest BCUT2D eigenvalue weighted by Crippen LogP contribution is -2.15. The number of aromatic amines is 2. The van der Waals surface area contributed by atoms with E-state index in [0.717, 1.165) is 25.7 Å². The first kappa shape index (κ1) is 21.9. The Kier molecular flexibility index (Phi) is 5.14. The van der Waals surface area contributed by atoms with Crippen LogP contribution in [0.25, 0.3) is 44.2 Å². The van der Waals surface area contributed by atoms with Gasteiger partial charge >= 0.3 is 0 Å². The number of fused-ring (bicyclic) bond motifs is 4. The zero-order chi connectivity index (χ0) is 24.3. The van der Waals surface area contributed by atoms with E-state index in [4.69, 9.17) is 16.0 Å². The molecule has 9 heteroatoms. The van der Waals surface area contributed by atoms with E-state index in [1.165, 1.54) is 31.4 Å². The fourth-order valence-electron chi connectivity index (χ4n) is 5.37. The minimum atomic E-state index is -0.549. The van der Waals surface area contributed by atoms with Crippen molar-refractivity contribution in [2.75, 3.05) is 0 Å². The fourth-order valence-corrected chi connectivity index (χ4v) is 5.55. The first-order valence-corrected chi connectivity index (χ1v) is 12.3. The molecule has 0 unspecified atom stereocenters. The molecule has 35 heavy (non-hydrogen) atoms. The molecule has 0 amide bonds. The van der Waals surface area contributed by atoms with Crippen LogP contribution in [0.2, 0.25) is 5.02 Å². The number of phenols is 2. The Morgan fingerprint density at radius 2 is 1.71 bits per heavy atom. The topological polar surface area (TPSA) is 124 Å². The summed E-state index contributed by atoms with van der Waals surface area (Å²) in [5, 5.41) is 24.5. The van der Waals surface area contributed by atoms with E-state index in [9.17, 15) is 19.8 Å². The van der Waals surface area contributed by atoms with Crippen LogP contribution in [0.4, 0.5) is 0 Å². The molecule has 1 fully saturated rings. The monoisotopic (exact) mass is 493 g/mol. The third-order valence-electron chi connectivity index (χ3n) is 7.12. The molecule has 0 bridgehead atoms. The predicted molar refractivity (Wildman–Crippen MR) is 136 cm³/mol. The first-order chi connectivity index (χ1) is 16.9. The number of phenolic OH excluding ortho intramolecular Hbond substituents is 2. The summed E-state index contributed by atoms with van der Waals surface area (Å²) in [4.78, 5) is 28.9. The molecule has 0 aliphatic heterocycles. The Morgan fingerprint density at radius 3 is 2.46 bits per heavy atom. The van der Waals surface area contributed by atoms with Crippen LogP contribution < -0.4 is 11.0 Å². The molecule has 3 aromatic heterocycles. The summed E-state index contributed by atoms with van der Waals surface area (Å²) in [5.41, 5.74) is 1.75. The zero-order valence-corrected chi connectivity index (χ0v) is 19.6. The highest BCUT2D eigenvalue weighted by Gasteiger charge is 2.26. The zero-order valence-electron chi connectivity index (χ0n) is 18.9. The number of halogens is 1. The van der Waals surface area contributed by atoms with Gasteiger partial charge in [-0.3, -0.25) is 19.4 Å². The van der Waals surface area contributed by atoms with Crippen molar-refractivity contribution in [3.8, 4) is 22.6 Å². The van der Waals surface area contributed by atoms with Crippen LogP contribution in [0.15, 0.2) is 44.3 Å². The number of aromatic nitrogens is 3. The van der Waals surface area contributed by atoms with Gasteiger partial charge in [0.15, 0.2) is 11.2 Å². The third kappa shape index (κ3) is 3.43. The van der Waals surface area contributed by atoms with Crippen molar-refractivity contribution in [3.63, 3.8) is 0 Å². The van der Waals surface area contributed by atoms with Gasteiger partial charge in [-0.15, -0.1) is 0 Å². The SMILES string of the molecule is O=c1ccc2c(oc3c(-c4ccc(O)c(Cl)c4)c4c(=O)[nH]n(C5CCCCCCC5)c4[nH]c32)c1O. The summed E-state index contributed by atoms with van der Waals surface area (Å²) in [6, 6.07) is 7.72. The summed E-state index contributed by atoms with van der Waals surface area (Å²) >= 11 is 6.23. The van der Waals surface area contributed by atoms with E-state index in [1.807, 2.05) is 4.68 Å². The molecule has 1 aliphatic carbocycles. The van der Waals surface area contributed by atoms with E-state index in [1.54, 1.807) is 18.2 Å². The summed E-state index contributed by atoms with van der Waals surface area (Å²) in [6.45, 7) is 0. The maximum atomic E-state index is 13.4. The number of furan rings is 1. The summed E-state index contributed by atoms with van der Waals surface area (Å²) in [5.74, 6) is -0.562. The quantitative estimate of drug-likeness (QED) is 0.242. The third-order valence-corrected chi connectivity index (χ3v) is 7.42. The molecule has 2 aromatic carbocycles. The van der Waals surface area contributed by atoms with Crippen molar-refractivity contribution in [1.29, 1.82) is 0 Å². The van der Waals surface area contributed by atoms with Crippen LogP contribution in [-0.2, 0) is 0 Å². The number of pyridine rings is 1. The molecule has 1 saturated carbocycles. The maximum Gasteiger partial charge on any atom is 0.274 e. The molecule has 6 rings (SSSR count). The van der Waals surface area contributed by atoms with Crippen molar-refractivity contribution in [3.05, 3.63) is 55.9 Å². The van der Waals surface area contributed by atoms with E-state index >= 15 is 0 Å². The Balaban J connectivity index is 1.74. The molecule has 0 spiro atoms. The van der Waals surface area contributed by atoms with Gasteiger partial charge in [0.2, 0.25) is 11.2 Å². The van der Waals surface area contributed by atoms with Gasteiger partial charge < -0.3 is 19.6 Å². The Bertz CT molecular complexity index is 1720. The predicted octanol–water partition coefficient (Wildman–Crippen LogP) is 5.93. The van der Waals surface area contributed by atoms with Gasteiger partial charge in [-0.2, -0.15) is 0 Å². The first-order valence-electron chi connectivity index (χ1n) is 11.9. The van der Waals surface area contributed by atoms with E-state index in [-0.39, 0.29) is 28.0 Å². The van der Waals surface area contributed by atoms with E-state index in [0.29, 0.717) is 38.6 Å².